The third kappa shape index (κ3) is 3.14. The van der Waals surface area contributed by atoms with Crippen LogP contribution in [0.4, 0.5) is 15.8 Å². The molecule has 3 rings (SSSR count). The van der Waals surface area contributed by atoms with E-state index in [9.17, 15) is 14.5 Å². The van der Waals surface area contributed by atoms with Gasteiger partial charge < -0.3 is 10.5 Å². The van der Waals surface area contributed by atoms with Crippen LogP contribution in [0.2, 0.25) is 0 Å². The Labute approximate surface area is 136 Å². The summed E-state index contributed by atoms with van der Waals surface area (Å²) >= 11 is 0. The van der Waals surface area contributed by atoms with Gasteiger partial charge in [0.2, 0.25) is 0 Å². The van der Waals surface area contributed by atoms with Gasteiger partial charge in [0, 0.05) is 29.6 Å². The second-order valence-corrected chi connectivity index (χ2v) is 4.94. The van der Waals surface area contributed by atoms with Crippen LogP contribution in [0, 0.1) is 15.9 Å². The Morgan fingerprint density at radius 3 is 2.62 bits per heavy atom. The highest BCUT2D eigenvalue weighted by atomic mass is 19.1. The van der Waals surface area contributed by atoms with Crippen molar-refractivity contribution in [1.82, 2.24) is 4.98 Å². The van der Waals surface area contributed by atoms with Crippen LogP contribution in [-0.2, 0) is 0 Å². The van der Waals surface area contributed by atoms with Crippen LogP contribution in [-0.4, -0.2) is 9.91 Å². The number of nitrogen functional groups attached to an aromatic ring is 1. The third-order valence-electron chi connectivity index (χ3n) is 3.32. The van der Waals surface area contributed by atoms with E-state index in [0.717, 1.165) is 11.6 Å². The molecule has 0 saturated heterocycles. The van der Waals surface area contributed by atoms with E-state index in [1.165, 1.54) is 18.3 Å². The van der Waals surface area contributed by atoms with Crippen molar-refractivity contribution >= 4 is 11.4 Å². The zero-order valence-electron chi connectivity index (χ0n) is 12.3. The first-order chi connectivity index (χ1) is 11.5. The van der Waals surface area contributed by atoms with Gasteiger partial charge in [-0.05, 0) is 18.2 Å². The van der Waals surface area contributed by atoms with Gasteiger partial charge in [-0.15, -0.1) is 0 Å². The summed E-state index contributed by atoms with van der Waals surface area (Å²) < 4.78 is 19.4. The maximum absolute atomic E-state index is 13.9. The van der Waals surface area contributed by atoms with Crippen LogP contribution in [0.3, 0.4) is 0 Å². The number of aromatic nitrogens is 1. The lowest BCUT2D eigenvalue weighted by molar-refractivity contribution is -0.385. The van der Waals surface area contributed by atoms with Crippen LogP contribution >= 0.6 is 0 Å². The molecule has 3 aromatic rings. The highest BCUT2D eigenvalue weighted by molar-refractivity contribution is 5.74. The van der Waals surface area contributed by atoms with E-state index in [0.29, 0.717) is 17.1 Å². The van der Waals surface area contributed by atoms with Crippen molar-refractivity contribution < 1.29 is 14.1 Å². The predicted molar refractivity (Wildman–Crippen MR) is 87.2 cm³/mol. The van der Waals surface area contributed by atoms with Gasteiger partial charge in [0.25, 0.3) is 5.69 Å². The van der Waals surface area contributed by atoms with E-state index in [4.69, 9.17) is 10.5 Å². The molecule has 0 atom stereocenters. The van der Waals surface area contributed by atoms with E-state index >= 15 is 0 Å². The van der Waals surface area contributed by atoms with E-state index in [1.54, 1.807) is 18.2 Å². The molecular weight excluding hydrogens is 313 g/mol. The molecule has 0 aliphatic carbocycles. The van der Waals surface area contributed by atoms with E-state index < -0.39 is 10.7 Å². The molecule has 0 unspecified atom stereocenters. The predicted octanol–water partition coefficient (Wildman–Crippen LogP) is 4.17. The van der Waals surface area contributed by atoms with Crippen molar-refractivity contribution in [3.05, 3.63) is 76.7 Å². The summed E-state index contributed by atoms with van der Waals surface area (Å²) in [5.74, 6) is -0.587. The van der Waals surface area contributed by atoms with Gasteiger partial charge in [0.1, 0.15) is 5.75 Å². The number of nitrogens with zero attached hydrogens (tertiary/aromatic N) is 2. The Morgan fingerprint density at radius 2 is 1.92 bits per heavy atom. The molecule has 7 heteroatoms. The van der Waals surface area contributed by atoms with Crippen LogP contribution in [0.15, 0.2) is 60.8 Å². The normalized spacial score (nSPS) is 10.4. The second kappa shape index (κ2) is 6.33. The Hall–Kier alpha value is -3.48. The fourth-order valence-corrected chi connectivity index (χ4v) is 2.17. The van der Waals surface area contributed by atoms with Gasteiger partial charge in [0.15, 0.2) is 11.6 Å². The molecule has 0 aliphatic rings. The first-order valence-electron chi connectivity index (χ1n) is 6.97. The minimum absolute atomic E-state index is 0.112. The summed E-state index contributed by atoms with van der Waals surface area (Å²) in [5, 5.41) is 10.6. The Bertz CT molecular complexity index is 915. The van der Waals surface area contributed by atoms with Gasteiger partial charge >= 0.3 is 0 Å². The maximum atomic E-state index is 13.9. The van der Waals surface area contributed by atoms with Crippen molar-refractivity contribution in [2.75, 3.05) is 5.73 Å². The van der Waals surface area contributed by atoms with E-state index in [2.05, 4.69) is 4.98 Å². The topological polar surface area (TPSA) is 91.3 Å². The molecular formula is C17H12FN3O3. The largest absolute Gasteiger partial charge is 0.454 e. The SMILES string of the molecule is Nc1ccccc1-c1cc(Oc2ccc([N+](=O)[O-])cc2F)ccn1. The molecule has 1 heterocycles. The third-order valence-corrected chi connectivity index (χ3v) is 3.32. The van der Waals surface area contributed by atoms with Gasteiger partial charge in [-0.3, -0.25) is 15.1 Å². The van der Waals surface area contributed by atoms with E-state index in [-0.39, 0.29) is 11.4 Å². The van der Waals surface area contributed by atoms with Crippen molar-refractivity contribution in [2.45, 2.75) is 0 Å². The van der Waals surface area contributed by atoms with E-state index in [1.807, 2.05) is 18.2 Å². The number of benzene rings is 2. The lowest BCUT2D eigenvalue weighted by Gasteiger charge is -2.09. The summed E-state index contributed by atoms with van der Waals surface area (Å²) in [6.07, 6.45) is 1.51. The van der Waals surface area contributed by atoms with Crippen molar-refractivity contribution in [2.24, 2.45) is 0 Å². The fraction of sp³-hybridized carbons (Fsp3) is 0. The average molecular weight is 325 g/mol. The molecule has 0 bridgehead atoms. The molecule has 2 N–H and O–H groups in total. The number of halogens is 1. The van der Waals surface area contributed by atoms with Crippen LogP contribution in [0.25, 0.3) is 11.3 Å². The number of nitro benzene ring substituents is 1. The van der Waals surface area contributed by atoms with Gasteiger partial charge in [-0.1, -0.05) is 18.2 Å². The summed E-state index contributed by atoms with van der Waals surface area (Å²) in [7, 11) is 0. The number of nitro groups is 1. The lowest BCUT2D eigenvalue weighted by atomic mass is 10.1. The smallest absolute Gasteiger partial charge is 0.272 e. The van der Waals surface area contributed by atoms with Crippen LogP contribution in [0.1, 0.15) is 0 Å². The highest BCUT2D eigenvalue weighted by Gasteiger charge is 2.13. The monoisotopic (exact) mass is 325 g/mol. The molecule has 6 nitrogen and oxygen atoms in total. The summed E-state index contributed by atoms with van der Waals surface area (Å²) in [6.45, 7) is 0. The fourth-order valence-electron chi connectivity index (χ4n) is 2.17. The van der Waals surface area contributed by atoms with Crippen molar-refractivity contribution in [1.29, 1.82) is 0 Å². The molecule has 0 saturated carbocycles. The molecule has 24 heavy (non-hydrogen) atoms. The minimum atomic E-state index is -0.818. The van der Waals surface area contributed by atoms with Crippen molar-refractivity contribution in [3.8, 4) is 22.8 Å². The number of rotatable bonds is 4. The molecule has 0 aliphatic heterocycles. The highest BCUT2D eigenvalue weighted by Crippen LogP contribution is 2.30. The van der Waals surface area contributed by atoms with Gasteiger partial charge in [-0.25, -0.2) is 4.39 Å². The zero-order chi connectivity index (χ0) is 17.1. The first-order valence-corrected chi connectivity index (χ1v) is 6.97. The number of ether oxygens (including phenoxy) is 1. The van der Waals surface area contributed by atoms with Gasteiger partial charge in [0.05, 0.1) is 16.7 Å². The lowest BCUT2D eigenvalue weighted by Crippen LogP contribution is -1.94. The first kappa shape index (κ1) is 15.4. The maximum Gasteiger partial charge on any atom is 0.272 e. The molecule has 1 aromatic heterocycles. The Kier molecular flexibility index (Phi) is 4.07. The van der Waals surface area contributed by atoms with Crippen LogP contribution in [0.5, 0.6) is 11.5 Å². The molecule has 120 valence electrons. The zero-order valence-corrected chi connectivity index (χ0v) is 12.3. The Balaban J connectivity index is 1.91. The second-order valence-electron chi connectivity index (χ2n) is 4.94. The van der Waals surface area contributed by atoms with Crippen LogP contribution < -0.4 is 10.5 Å². The summed E-state index contributed by atoms with van der Waals surface area (Å²) in [6, 6.07) is 13.6. The quantitative estimate of drug-likeness (QED) is 0.441. The molecule has 0 amide bonds. The standard InChI is InChI=1S/C17H12FN3O3/c18-14-9-11(21(22)23)5-6-17(14)24-12-7-8-20-16(10-12)13-3-1-2-4-15(13)19/h1-10H,19H2. The molecule has 0 spiro atoms. The number of anilines is 1. The molecule has 0 radical (unpaired) electrons. The molecule has 2 aromatic carbocycles. The number of nitrogens with two attached hydrogens (primary N) is 1. The van der Waals surface area contributed by atoms with Crippen molar-refractivity contribution in [3.63, 3.8) is 0 Å². The van der Waals surface area contributed by atoms with Gasteiger partial charge in [-0.2, -0.15) is 0 Å². The number of non-ortho nitro benzene ring substituents is 1. The number of hydrogen-bond donors (Lipinski definition) is 1. The summed E-state index contributed by atoms with van der Waals surface area (Å²) in [4.78, 5) is 14.2. The summed E-state index contributed by atoms with van der Waals surface area (Å²) in [5.41, 5.74) is 7.44. The average Bonchev–Trinajstić information content (AvgIpc) is 2.57. The number of pyridine rings is 1. The molecule has 0 fully saturated rings. The number of hydrogen-bond acceptors (Lipinski definition) is 5. The number of para-hydroxylation sites is 1. The minimum Gasteiger partial charge on any atom is -0.454 e. The Morgan fingerprint density at radius 1 is 1.12 bits per heavy atom.